The maximum atomic E-state index is 13.1. The molecule has 0 spiro atoms. The quantitative estimate of drug-likeness (QED) is 0.0188. The molecule has 0 aliphatic carbocycles. The van der Waals surface area contributed by atoms with E-state index >= 15 is 0 Å². The Bertz CT molecular complexity index is 3040. The first kappa shape index (κ1) is 55.7. The van der Waals surface area contributed by atoms with Crippen molar-refractivity contribution in [2.45, 2.75) is 84.0 Å². The molecule has 0 saturated carbocycles. The van der Waals surface area contributed by atoms with Crippen molar-refractivity contribution < 1.29 is 52.3 Å². The van der Waals surface area contributed by atoms with E-state index in [1.54, 1.807) is 78.9 Å². The van der Waals surface area contributed by atoms with Crippen molar-refractivity contribution in [1.82, 2.24) is 0 Å². The normalized spacial score (nSPS) is 10.8. The zero-order valence-electron chi connectivity index (χ0n) is 43.1. The zero-order chi connectivity index (χ0) is 53.9. The first-order valence-corrected chi connectivity index (χ1v) is 26.0. The van der Waals surface area contributed by atoms with Crippen LogP contribution in [-0.4, -0.2) is 43.7 Å². The lowest BCUT2D eigenvalue weighted by Gasteiger charge is -2.10. The summed E-state index contributed by atoms with van der Waals surface area (Å²) < 4.78 is 39.7. The topological polar surface area (TPSA) is 181 Å². The number of hydrogen-bond acceptors (Lipinski definition) is 14. The fraction of sp³-hybridized carbons (Fsp3) is 0.254. The van der Waals surface area contributed by atoms with Gasteiger partial charge in [-0.05, 0) is 183 Å². The number of benzene rings is 7. The predicted molar refractivity (Wildman–Crippen MR) is 291 cm³/mol. The Morgan fingerprint density at radius 3 is 1.10 bits per heavy atom. The van der Waals surface area contributed by atoms with Crippen LogP contribution in [0, 0.1) is 11.3 Å². The smallest absolute Gasteiger partial charge is 0.343 e. The lowest BCUT2D eigenvalue weighted by atomic mass is 10.1. The highest BCUT2D eigenvalue weighted by Gasteiger charge is 2.16. The van der Waals surface area contributed by atoms with E-state index in [1.165, 1.54) is 118 Å². The number of esters is 4. The van der Waals surface area contributed by atoms with E-state index in [0.29, 0.717) is 65.1 Å². The SMILES string of the molecule is CCCCCCCCCCCCOc1ccc(C(=O)Oc2ccc(C(=O)Oc3cccc(C(=O)Oc4ccc(OC(=O)c5ccc(OCCCCOc6ccc(N=Nc7ccc(C#N)cc7)cc6)cc5)cc4)c3)cc2)cc1. The molecule has 7 aromatic carbocycles. The van der Waals surface area contributed by atoms with Gasteiger partial charge in [0.15, 0.2) is 0 Å². The van der Waals surface area contributed by atoms with Gasteiger partial charge in [0, 0.05) is 0 Å². The molecule has 14 heteroatoms. The van der Waals surface area contributed by atoms with Gasteiger partial charge in [0.25, 0.3) is 0 Å². The van der Waals surface area contributed by atoms with Crippen molar-refractivity contribution in [3.8, 4) is 46.3 Å². The van der Waals surface area contributed by atoms with Crippen molar-refractivity contribution in [3.63, 3.8) is 0 Å². The third-order valence-electron chi connectivity index (χ3n) is 12.0. The summed E-state index contributed by atoms with van der Waals surface area (Å²) in [5, 5.41) is 17.3. The van der Waals surface area contributed by atoms with Crippen molar-refractivity contribution in [2.75, 3.05) is 19.8 Å². The lowest BCUT2D eigenvalue weighted by Crippen LogP contribution is -2.12. The molecule has 7 rings (SSSR count). The Hall–Kier alpha value is -9.09. The number of nitrogens with zero attached hydrogens (tertiary/aromatic N) is 3. The number of hydrogen-bond donors (Lipinski definition) is 0. The van der Waals surface area contributed by atoms with Gasteiger partial charge in [-0.3, -0.25) is 0 Å². The highest BCUT2D eigenvalue weighted by Crippen LogP contribution is 2.25. The second-order valence-corrected chi connectivity index (χ2v) is 17.9. The summed E-state index contributed by atoms with van der Waals surface area (Å²) in [5.41, 5.74) is 2.90. The van der Waals surface area contributed by atoms with E-state index < -0.39 is 23.9 Å². The van der Waals surface area contributed by atoms with E-state index in [0.717, 1.165) is 25.7 Å². The molecule has 0 atom stereocenters. The number of unbranched alkanes of at least 4 members (excludes halogenated alkanes) is 10. The number of carbonyl (C=O) groups excluding carboxylic acids is 4. The van der Waals surface area contributed by atoms with Crippen molar-refractivity contribution in [3.05, 3.63) is 198 Å². The molecule has 0 bridgehead atoms. The highest BCUT2D eigenvalue weighted by atomic mass is 16.6. The summed E-state index contributed by atoms with van der Waals surface area (Å²) in [6.45, 7) is 3.84. The third-order valence-corrected chi connectivity index (χ3v) is 12.0. The molecule has 0 aliphatic heterocycles. The monoisotopic (exact) mass is 1040 g/mol. The minimum Gasteiger partial charge on any atom is -0.494 e. The molecule has 0 fully saturated rings. The van der Waals surface area contributed by atoms with Gasteiger partial charge < -0.3 is 33.2 Å². The van der Waals surface area contributed by atoms with Gasteiger partial charge in [-0.2, -0.15) is 15.5 Å². The molecule has 0 radical (unpaired) electrons. The Morgan fingerprint density at radius 2 is 0.688 bits per heavy atom. The second-order valence-electron chi connectivity index (χ2n) is 17.9. The van der Waals surface area contributed by atoms with Gasteiger partial charge in [-0.25, -0.2) is 19.2 Å². The molecule has 0 heterocycles. The molecule has 0 aliphatic rings. The lowest BCUT2D eigenvalue weighted by molar-refractivity contribution is 0.0713. The fourth-order valence-electron chi connectivity index (χ4n) is 7.65. The first-order chi connectivity index (χ1) is 37.7. The number of azo groups is 1. The number of ether oxygens (including phenoxy) is 7. The van der Waals surface area contributed by atoms with Crippen LogP contribution in [0.2, 0.25) is 0 Å². The molecule has 0 unspecified atom stereocenters. The van der Waals surface area contributed by atoms with Crippen molar-refractivity contribution in [2.24, 2.45) is 10.2 Å². The standard InChI is InChI=1S/C63H61N3O11/c1-2-3-4-5-6-7-8-9-10-11-41-71-53-29-19-47(20-30-53)60(67)74-56-33-23-49(24-34-56)62(69)77-59-16-14-15-50(44-59)63(70)76-58-39-37-57(38-40-58)75-61(68)48-21-31-54(32-22-48)72-42-12-13-43-73-55-35-27-52(28-36-55)66-65-51-25-17-46(45-64)18-26-51/h14-40,44H,2-13,41-43H2,1H3. The van der Waals surface area contributed by atoms with Crippen LogP contribution in [0.4, 0.5) is 11.4 Å². The fourth-order valence-corrected chi connectivity index (χ4v) is 7.65. The molecule has 77 heavy (non-hydrogen) atoms. The summed E-state index contributed by atoms with van der Waals surface area (Å²) in [4.78, 5) is 51.8. The maximum absolute atomic E-state index is 13.1. The first-order valence-electron chi connectivity index (χ1n) is 26.0. The van der Waals surface area contributed by atoms with Crippen LogP contribution in [0.25, 0.3) is 0 Å². The molecule has 7 aromatic rings. The Kier molecular flexibility index (Phi) is 21.9. The van der Waals surface area contributed by atoms with Gasteiger partial charge in [-0.15, -0.1) is 0 Å². The molecular weight excluding hydrogens is 975 g/mol. The van der Waals surface area contributed by atoms with E-state index in [9.17, 15) is 19.2 Å². The maximum Gasteiger partial charge on any atom is 0.343 e. The Morgan fingerprint density at radius 1 is 0.364 bits per heavy atom. The van der Waals surface area contributed by atoms with Gasteiger partial charge in [-0.1, -0.05) is 70.8 Å². The highest BCUT2D eigenvalue weighted by molar-refractivity contribution is 5.94. The Labute approximate surface area is 449 Å². The summed E-state index contributed by atoms with van der Waals surface area (Å²) in [6.07, 6.45) is 14.1. The number of nitriles is 1. The van der Waals surface area contributed by atoms with Crippen LogP contribution in [0.1, 0.15) is 131 Å². The average Bonchev–Trinajstić information content (AvgIpc) is 3.46. The second kappa shape index (κ2) is 30.3. The largest absolute Gasteiger partial charge is 0.494 e. The average molecular weight is 1040 g/mol. The minimum atomic E-state index is -0.703. The minimum absolute atomic E-state index is 0.113. The van der Waals surface area contributed by atoms with Gasteiger partial charge >= 0.3 is 23.9 Å². The molecule has 0 N–H and O–H groups in total. The molecule has 394 valence electrons. The van der Waals surface area contributed by atoms with Gasteiger partial charge in [0.1, 0.15) is 40.2 Å². The van der Waals surface area contributed by atoms with Crippen LogP contribution in [0.3, 0.4) is 0 Å². The molecule has 0 amide bonds. The number of carbonyl (C=O) groups is 4. The summed E-state index contributed by atoms with van der Waals surface area (Å²) in [6, 6.07) is 47.6. The van der Waals surface area contributed by atoms with Crippen LogP contribution in [-0.2, 0) is 0 Å². The van der Waals surface area contributed by atoms with Crippen molar-refractivity contribution in [1.29, 1.82) is 5.26 Å². The summed E-state index contributed by atoms with van der Waals surface area (Å²) in [7, 11) is 0. The Balaban J connectivity index is 0.761. The predicted octanol–water partition coefficient (Wildman–Crippen LogP) is 15.4. The van der Waals surface area contributed by atoms with Gasteiger partial charge in [0.2, 0.25) is 0 Å². The third kappa shape index (κ3) is 19.0. The van der Waals surface area contributed by atoms with E-state index in [2.05, 4.69) is 23.2 Å². The zero-order valence-corrected chi connectivity index (χ0v) is 43.1. The summed E-state index contributed by atoms with van der Waals surface area (Å²) >= 11 is 0. The van der Waals surface area contributed by atoms with Crippen LogP contribution in [0.15, 0.2) is 180 Å². The molecule has 14 nitrogen and oxygen atoms in total. The van der Waals surface area contributed by atoms with Crippen molar-refractivity contribution >= 4 is 35.3 Å². The van der Waals surface area contributed by atoms with Gasteiger partial charge in [0.05, 0.1) is 65.1 Å². The van der Waals surface area contributed by atoms with Crippen LogP contribution < -0.4 is 33.2 Å². The van der Waals surface area contributed by atoms with Crippen LogP contribution in [0.5, 0.6) is 40.2 Å². The molecular formula is C63H61N3O11. The van der Waals surface area contributed by atoms with E-state index in [-0.39, 0.29) is 34.1 Å². The molecule has 0 saturated heterocycles. The van der Waals surface area contributed by atoms with Crippen LogP contribution >= 0.6 is 0 Å². The van der Waals surface area contributed by atoms with E-state index in [4.69, 9.17) is 38.4 Å². The summed E-state index contributed by atoms with van der Waals surface area (Å²) in [5.74, 6) is 0.289. The molecule has 0 aromatic heterocycles. The van der Waals surface area contributed by atoms with E-state index in [1.807, 2.05) is 24.3 Å². The number of rotatable bonds is 29.